The maximum Gasteiger partial charge on any atom is 3.00 e. The second-order valence-electron chi connectivity index (χ2n) is 1.22. The summed E-state index contributed by atoms with van der Waals surface area (Å²) in [6.07, 6.45) is 0. The van der Waals surface area contributed by atoms with Crippen LogP contribution in [0.4, 0.5) is 0 Å². The summed E-state index contributed by atoms with van der Waals surface area (Å²) in [6, 6.07) is 0. The Morgan fingerprint density at radius 3 is 0.320 bits per heavy atom. The van der Waals surface area contributed by atoms with Crippen molar-refractivity contribution in [3.05, 3.63) is 0 Å². The van der Waals surface area contributed by atoms with Gasteiger partial charge in [0.05, 0.1) is 0 Å². The Kier molecular flexibility index (Phi) is 151. The SMILES string of the molecule is O.O.O.O.O.O.O.O.O=S(=O)([O-])[O-].O=S(=O)([O-])[O-].O=S(=O)([O-])[O-].[Sm+3].[Sm+3]. The molecule has 20 nitrogen and oxygen atoms in total. The fourth-order valence-electron chi connectivity index (χ4n) is 0. The van der Waals surface area contributed by atoms with Gasteiger partial charge < -0.3 is 71.1 Å². The molecule has 166 valence electrons. The van der Waals surface area contributed by atoms with Gasteiger partial charge in [-0.05, 0) is 0 Å². The van der Waals surface area contributed by atoms with Gasteiger partial charge in [0.1, 0.15) is 0 Å². The van der Waals surface area contributed by atoms with Crippen molar-refractivity contribution in [1.82, 2.24) is 0 Å². The molecule has 0 rings (SSSR count). The van der Waals surface area contributed by atoms with Gasteiger partial charge in [-0.1, -0.05) is 0 Å². The molecular formula is H16O20S3Sm2. The summed E-state index contributed by atoms with van der Waals surface area (Å²) in [5, 5.41) is 0. The van der Waals surface area contributed by atoms with Crippen molar-refractivity contribution in [3.8, 4) is 0 Å². The minimum absolute atomic E-state index is 0. The van der Waals surface area contributed by atoms with Crippen molar-refractivity contribution in [2.24, 2.45) is 0 Å². The van der Waals surface area contributed by atoms with E-state index in [0.717, 1.165) is 0 Å². The maximum absolute atomic E-state index is 8.52. The van der Waals surface area contributed by atoms with E-state index in [2.05, 4.69) is 0 Å². The maximum atomic E-state index is 8.52. The zero-order valence-corrected chi connectivity index (χ0v) is 18.6. The Hall–Kier alpha value is 1.97. The Morgan fingerprint density at radius 1 is 0.320 bits per heavy atom. The normalized spacial score (nSPS) is 6.96. The predicted octanol–water partition coefficient (Wildman–Crippen LogP) is -10.6. The van der Waals surface area contributed by atoms with Gasteiger partial charge in [-0.25, -0.2) is 0 Å². The van der Waals surface area contributed by atoms with Gasteiger partial charge in [0.15, 0.2) is 0 Å². The smallest absolute Gasteiger partial charge is 0.759 e. The molecule has 0 fully saturated rings. The van der Waals surface area contributed by atoms with Crippen LogP contribution in [0.5, 0.6) is 0 Å². The van der Waals surface area contributed by atoms with Gasteiger partial charge in [0.25, 0.3) is 0 Å². The second-order valence-corrected chi connectivity index (χ2v) is 3.67. The molecule has 0 aromatic carbocycles. The van der Waals surface area contributed by atoms with E-state index in [1.807, 2.05) is 0 Å². The molecule has 0 unspecified atom stereocenters. The van der Waals surface area contributed by atoms with Crippen LogP contribution >= 0.6 is 0 Å². The van der Waals surface area contributed by atoms with E-state index in [1.54, 1.807) is 0 Å². The summed E-state index contributed by atoms with van der Waals surface area (Å²) in [6.45, 7) is 0. The molecule has 0 amide bonds. The molecule has 2 radical (unpaired) electrons. The van der Waals surface area contributed by atoms with Gasteiger partial charge >= 0.3 is 80.8 Å². The van der Waals surface area contributed by atoms with Crippen molar-refractivity contribution >= 4 is 31.2 Å². The van der Waals surface area contributed by atoms with E-state index in [0.29, 0.717) is 0 Å². The molecule has 0 heterocycles. The van der Waals surface area contributed by atoms with Crippen molar-refractivity contribution < 1.29 is 177 Å². The monoisotopic (exact) mass is 736 g/mol. The average Bonchev–Trinajstić information content (AvgIpc) is 1.41. The van der Waals surface area contributed by atoms with Crippen LogP contribution in [-0.4, -0.2) is 96.4 Å². The Labute approximate surface area is 205 Å². The summed E-state index contributed by atoms with van der Waals surface area (Å²) in [4.78, 5) is 0. The topological polar surface area (TPSA) is 493 Å². The molecule has 16 N–H and O–H groups in total. The quantitative estimate of drug-likeness (QED) is 0.165. The number of hydrogen-bond acceptors (Lipinski definition) is 12. The first-order valence-electron chi connectivity index (χ1n) is 2.00. The first-order chi connectivity index (χ1) is 6.00. The second kappa shape index (κ2) is 40.6. The molecule has 0 aliphatic carbocycles. The van der Waals surface area contributed by atoms with E-state index in [-0.39, 0.29) is 125 Å². The van der Waals surface area contributed by atoms with Crippen LogP contribution in [0, 0.1) is 80.8 Å². The standard InChI is InChI=1S/3H2O4S.8H2O.2Sm/c3*1-5(2,3)4;;;;;;;;;;/h3*(H2,1,2,3,4);8*1H2;;/q;;;;;;;;;;;2*+3/p-6. The molecule has 0 saturated carbocycles. The summed E-state index contributed by atoms with van der Waals surface area (Å²) in [5.41, 5.74) is 0. The van der Waals surface area contributed by atoms with Gasteiger partial charge in [-0.2, -0.15) is 0 Å². The Morgan fingerprint density at radius 2 is 0.320 bits per heavy atom. The summed E-state index contributed by atoms with van der Waals surface area (Å²) in [7, 11) is -15.5. The molecule has 0 aromatic heterocycles. The van der Waals surface area contributed by atoms with Crippen LogP contribution in [0.15, 0.2) is 0 Å². The van der Waals surface area contributed by atoms with Crippen LogP contribution in [0.25, 0.3) is 0 Å². The molecule has 0 spiro atoms. The third kappa shape index (κ3) is 3860. The first kappa shape index (κ1) is 93.2. The van der Waals surface area contributed by atoms with E-state index >= 15 is 0 Å². The van der Waals surface area contributed by atoms with Crippen molar-refractivity contribution in [1.29, 1.82) is 0 Å². The molecule has 0 bridgehead atoms. The van der Waals surface area contributed by atoms with Gasteiger partial charge in [-0.15, -0.1) is 0 Å². The summed E-state index contributed by atoms with van der Waals surface area (Å²) >= 11 is 0. The Balaban J connectivity index is -0.00000000655. The fourth-order valence-corrected chi connectivity index (χ4v) is 0. The van der Waals surface area contributed by atoms with Crippen LogP contribution < -0.4 is 0 Å². The van der Waals surface area contributed by atoms with Crippen LogP contribution in [-0.2, 0) is 31.2 Å². The third-order valence-corrected chi connectivity index (χ3v) is 0. The molecule has 0 saturated heterocycles. The summed E-state index contributed by atoms with van der Waals surface area (Å²) < 4.78 is 102. The minimum atomic E-state index is -5.17. The minimum Gasteiger partial charge on any atom is -0.759 e. The van der Waals surface area contributed by atoms with Gasteiger partial charge in [0, 0.05) is 31.2 Å². The van der Waals surface area contributed by atoms with Gasteiger partial charge in [-0.3, -0.25) is 25.3 Å². The van der Waals surface area contributed by atoms with Crippen molar-refractivity contribution in [2.75, 3.05) is 0 Å². The van der Waals surface area contributed by atoms with Gasteiger partial charge in [0.2, 0.25) is 0 Å². The predicted molar refractivity (Wildman–Crippen MR) is 60.3 cm³/mol. The van der Waals surface area contributed by atoms with E-state index in [4.69, 9.17) is 52.6 Å². The number of hydrogen-bond donors (Lipinski definition) is 0. The largest absolute Gasteiger partial charge is 3.00 e. The van der Waals surface area contributed by atoms with E-state index in [9.17, 15) is 0 Å². The fraction of sp³-hybridized carbons (Fsp3) is 0. The molecule has 25 heteroatoms. The number of rotatable bonds is 0. The van der Waals surface area contributed by atoms with Crippen molar-refractivity contribution in [2.45, 2.75) is 0 Å². The molecule has 0 atom stereocenters. The van der Waals surface area contributed by atoms with E-state index in [1.165, 1.54) is 0 Å². The molecule has 25 heavy (non-hydrogen) atoms. The van der Waals surface area contributed by atoms with Crippen LogP contribution in [0.1, 0.15) is 0 Å². The molecular weight excluding hydrogens is 717 g/mol. The molecule has 0 aliphatic heterocycles. The summed E-state index contributed by atoms with van der Waals surface area (Å²) in [5.74, 6) is 0. The third-order valence-electron chi connectivity index (χ3n) is 0. The Bertz CT molecular complexity index is 344. The average molecular weight is 733 g/mol. The molecule has 0 aliphatic rings. The zero-order chi connectivity index (χ0) is 13.5. The van der Waals surface area contributed by atoms with Crippen LogP contribution in [0.2, 0.25) is 0 Å². The first-order valence-corrected chi connectivity index (χ1v) is 6.00. The van der Waals surface area contributed by atoms with Crippen molar-refractivity contribution in [3.63, 3.8) is 0 Å². The zero-order valence-electron chi connectivity index (χ0n) is 10.9. The van der Waals surface area contributed by atoms with E-state index < -0.39 is 31.2 Å². The molecule has 0 aromatic rings. The van der Waals surface area contributed by atoms with Crippen LogP contribution in [0.3, 0.4) is 0 Å².